The van der Waals surface area contributed by atoms with Gasteiger partial charge in [0.15, 0.2) is 0 Å². The Kier molecular flexibility index (Phi) is 7.57. The third kappa shape index (κ3) is 5.79. The summed E-state index contributed by atoms with van der Waals surface area (Å²) < 4.78 is 14.0. The van der Waals surface area contributed by atoms with E-state index in [-0.39, 0.29) is 0 Å². The zero-order chi connectivity index (χ0) is 26.5. The average molecular weight is 523 g/mol. The van der Waals surface area contributed by atoms with Crippen LogP contribution in [0.4, 0.5) is 0 Å². The fourth-order valence-electron chi connectivity index (χ4n) is 4.10. The number of carbonyl (C=O) groups is 1. The fraction of sp³-hybridized carbons (Fsp3) is 0.125. The standard InChI is InChI=1S/C32H27ClN2O3/c1-22-11-15-24(16-12-22)30(38-32(36)25-17-13-23(2)14-18-25)21-31-34-27-8-4-5-9-28(27)35(31)19-20-37-29-10-6-3-7-26(29)33/h3-18,21H,19-20H2,1-2H3. The highest BCUT2D eigenvalue weighted by Gasteiger charge is 2.16. The lowest BCUT2D eigenvalue weighted by atomic mass is 10.1. The number of hydrogen-bond acceptors (Lipinski definition) is 4. The summed E-state index contributed by atoms with van der Waals surface area (Å²) in [6.45, 7) is 4.90. The van der Waals surface area contributed by atoms with Crippen LogP contribution in [0.2, 0.25) is 5.02 Å². The van der Waals surface area contributed by atoms with Crippen molar-refractivity contribution in [1.82, 2.24) is 9.55 Å². The number of para-hydroxylation sites is 3. The number of ether oxygens (including phenoxy) is 2. The number of rotatable bonds is 8. The number of benzene rings is 4. The molecular formula is C32H27ClN2O3. The number of fused-ring (bicyclic) bond motifs is 1. The van der Waals surface area contributed by atoms with Crippen LogP contribution in [-0.2, 0) is 11.3 Å². The second-order valence-corrected chi connectivity index (χ2v) is 9.43. The van der Waals surface area contributed by atoms with Crippen LogP contribution in [-0.4, -0.2) is 22.1 Å². The molecule has 0 bridgehead atoms. The van der Waals surface area contributed by atoms with Gasteiger partial charge < -0.3 is 14.0 Å². The number of carbonyl (C=O) groups excluding carboxylic acids is 1. The Morgan fingerprint density at radius 3 is 2.18 bits per heavy atom. The van der Waals surface area contributed by atoms with Crippen molar-refractivity contribution in [3.05, 3.63) is 130 Å². The van der Waals surface area contributed by atoms with E-state index in [1.54, 1.807) is 18.2 Å². The van der Waals surface area contributed by atoms with Gasteiger partial charge in [0.05, 0.1) is 28.2 Å². The Morgan fingerprint density at radius 2 is 1.47 bits per heavy atom. The predicted molar refractivity (Wildman–Crippen MR) is 152 cm³/mol. The minimum atomic E-state index is -0.429. The maximum absolute atomic E-state index is 13.1. The maximum atomic E-state index is 13.1. The van der Waals surface area contributed by atoms with Crippen molar-refractivity contribution in [1.29, 1.82) is 0 Å². The van der Waals surface area contributed by atoms with Crippen LogP contribution in [0.3, 0.4) is 0 Å². The predicted octanol–water partition coefficient (Wildman–Crippen LogP) is 7.74. The topological polar surface area (TPSA) is 53.3 Å². The quantitative estimate of drug-likeness (QED) is 0.154. The van der Waals surface area contributed by atoms with Crippen molar-refractivity contribution in [3.63, 3.8) is 0 Å². The number of imidazole rings is 1. The van der Waals surface area contributed by atoms with Gasteiger partial charge in [0, 0.05) is 11.6 Å². The molecular weight excluding hydrogens is 496 g/mol. The molecule has 0 unspecified atom stereocenters. The van der Waals surface area contributed by atoms with Gasteiger partial charge in [0.25, 0.3) is 0 Å². The first-order valence-corrected chi connectivity index (χ1v) is 12.8. The number of halogens is 1. The molecule has 0 atom stereocenters. The number of aryl methyl sites for hydroxylation is 2. The molecule has 1 heterocycles. The summed E-state index contributed by atoms with van der Waals surface area (Å²) in [7, 11) is 0. The van der Waals surface area contributed by atoms with Crippen molar-refractivity contribution in [2.24, 2.45) is 0 Å². The van der Waals surface area contributed by atoms with E-state index in [4.69, 9.17) is 26.1 Å². The lowest BCUT2D eigenvalue weighted by Crippen LogP contribution is -2.10. The van der Waals surface area contributed by atoms with E-state index in [9.17, 15) is 4.79 Å². The smallest absolute Gasteiger partial charge is 0.343 e. The molecule has 6 heteroatoms. The van der Waals surface area contributed by atoms with E-state index in [2.05, 4.69) is 4.57 Å². The molecule has 0 amide bonds. The highest BCUT2D eigenvalue weighted by Crippen LogP contribution is 2.26. The second-order valence-electron chi connectivity index (χ2n) is 9.02. The molecule has 5 nitrogen and oxygen atoms in total. The van der Waals surface area contributed by atoms with Gasteiger partial charge in [0.2, 0.25) is 0 Å². The monoisotopic (exact) mass is 522 g/mol. The first kappa shape index (κ1) is 25.3. The van der Waals surface area contributed by atoms with Crippen LogP contribution >= 0.6 is 11.6 Å². The van der Waals surface area contributed by atoms with E-state index in [1.807, 2.05) is 98.8 Å². The summed E-state index contributed by atoms with van der Waals surface area (Å²) in [5.74, 6) is 1.27. The molecule has 1 aromatic heterocycles. The second kappa shape index (κ2) is 11.4. The van der Waals surface area contributed by atoms with E-state index in [1.165, 1.54) is 0 Å². The minimum absolute atomic E-state index is 0.383. The first-order chi connectivity index (χ1) is 18.5. The third-order valence-corrected chi connectivity index (χ3v) is 6.49. The highest BCUT2D eigenvalue weighted by atomic mass is 35.5. The number of esters is 1. The van der Waals surface area contributed by atoms with Gasteiger partial charge in [-0.3, -0.25) is 0 Å². The molecule has 5 rings (SSSR count). The van der Waals surface area contributed by atoms with E-state index in [0.29, 0.717) is 41.1 Å². The SMILES string of the molecule is Cc1ccc(C(=O)OC(=Cc2nc3ccccc3n2CCOc2ccccc2Cl)c2ccc(C)cc2)cc1. The average Bonchev–Trinajstić information content (AvgIpc) is 3.27. The maximum Gasteiger partial charge on any atom is 0.343 e. The molecule has 0 N–H and O–H groups in total. The Balaban J connectivity index is 1.51. The van der Waals surface area contributed by atoms with E-state index >= 15 is 0 Å². The number of hydrogen-bond donors (Lipinski definition) is 0. The Bertz CT molecular complexity index is 1600. The zero-order valence-corrected chi connectivity index (χ0v) is 22.0. The molecule has 5 aromatic rings. The van der Waals surface area contributed by atoms with Crippen LogP contribution in [0, 0.1) is 13.8 Å². The van der Waals surface area contributed by atoms with Gasteiger partial charge in [-0.05, 0) is 50.2 Å². The van der Waals surface area contributed by atoms with Crippen molar-refractivity contribution >= 4 is 40.4 Å². The fourth-order valence-corrected chi connectivity index (χ4v) is 4.29. The lowest BCUT2D eigenvalue weighted by molar-refractivity contribution is 0.0693. The highest BCUT2D eigenvalue weighted by molar-refractivity contribution is 6.32. The normalized spacial score (nSPS) is 11.5. The summed E-state index contributed by atoms with van der Waals surface area (Å²) in [5.41, 5.74) is 5.24. The summed E-state index contributed by atoms with van der Waals surface area (Å²) >= 11 is 6.26. The third-order valence-electron chi connectivity index (χ3n) is 6.18. The van der Waals surface area contributed by atoms with Gasteiger partial charge in [-0.1, -0.05) is 83.4 Å². The molecule has 0 saturated carbocycles. The molecule has 190 valence electrons. The molecule has 0 aliphatic heterocycles. The van der Waals surface area contributed by atoms with E-state index < -0.39 is 5.97 Å². The van der Waals surface area contributed by atoms with Crippen molar-refractivity contribution < 1.29 is 14.3 Å². The lowest BCUT2D eigenvalue weighted by Gasteiger charge is -2.13. The first-order valence-electron chi connectivity index (χ1n) is 12.4. The molecule has 0 spiro atoms. The molecule has 4 aromatic carbocycles. The van der Waals surface area contributed by atoms with Gasteiger partial charge in [-0.25, -0.2) is 9.78 Å². The van der Waals surface area contributed by atoms with Gasteiger partial charge in [-0.15, -0.1) is 0 Å². The van der Waals surface area contributed by atoms with Crippen molar-refractivity contribution in [2.45, 2.75) is 20.4 Å². The number of aromatic nitrogens is 2. The van der Waals surface area contributed by atoms with Crippen molar-refractivity contribution in [3.8, 4) is 5.75 Å². The molecule has 0 aliphatic carbocycles. The summed E-state index contributed by atoms with van der Waals surface area (Å²) in [4.78, 5) is 17.9. The molecule has 0 radical (unpaired) electrons. The zero-order valence-electron chi connectivity index (χ0n) is 21.2. The Labute approximate surface area is 226 Å². The van der Waals surface area contributed by atoms with E-state index in [0.717, 1.165) is 27.7 Å². The number of nitrogens with zero attached hydrogens (tertiary/aromatic N) is 2. The minimum Gasteiger partial charge on any atom is -0.490 e. The van der Waals surface area contributed by atoms with Crippen LogP contribution in [0.25, 0.3) is 22.9 Å². The van der Waals surface area contributed by atoms with Gasteiger partial charge in [-0.2, -0.15) is 0 Å². The van der Waals surface area contributed by atoms with Crippen LogP contribution in [0.1, 0.15) is 32.9 Å². The van der Waals surface area contributed by atoms with Crippen LogP contribution < -0.4 is 4.74 Å². The van der Waals surface area contributed by atoms with Crippen LogP contribution in [0.5, 0.6) is 5.75 Å². The Hall–Kier alpha value is -4.35. The van der Waals surface area contributed by atoms with Gasteiger partial charge in [0.1, 0.15) is 23.9 Å². The largest absolute Gasteiger partial charge is 0.490 e. The van der Waals surface area contributed by atoms with Crippen molar-refractivity contribution in [2.75, 3.05) is 6.61 Å². The Morgan fingerprint density at radius 1 is 0.842 bits per heavy atom. The molecule has 0 aliphatic rings. The molecule has 0 fully saturated rings. The molecule has 38 heavy (non-hydrogen) atoms. The summed E-state index contributed by atoms with van der Waals surface area (Å²) in [5, 5.41) is 0.563. The summed E-state index contributed by atoms with van der Waals surface area (Å²) in [6, 6.07) is 30.5. The molecule has 0 saturated heterocycles. The van der Waals surface area contributed by atoms with Gasteiger partial charge >= 0.3 is 5.97 Å². The summed E-state index contributed by atoms with van der Waals surface area (Å²) in [6.07, 6.45) is 1.81. The van der Waals surface area contributed by atoms with Crippen LogP contribution in [0.15, 0.2) is 97.1 Å².